The van der Waals surface area contributed by atoms with Gasteiger partial charge in [-0.2, -0.15) is 0 Å². The van der Waals surface area contributed by atoms with Gasteiger partial charge in [0.15, 0.2) is 0 Å². The highest BCUT2D eigenvalue weighted by Crippen LogP contribution is 2.28. The number of hydrogen-bond acceptors (Lipinski definition) is 3. The van der Waals surface area contributed by atoms with Crippen molar-refractivity contribution in [2.24, 2.45) is 10.9 Å². The summed E-state index contributed by atoms with van der Waals surface area (Å²) in [7, 11) is 0. The Morgan fingerprint density at radius 2 is 1.70 bits per heavy atom. The molecule has 0 amide bonds. The number of allylic oxidation sites excluding steroid dienone is 12. The molecule has 0 heterocycles. The Bertz CT molecular complexity index is 1440. The predicted molar refractivity (Wildman–Crippen MR) is 224 cm³/mol. The predicted octanol–water partition coefficient (Wildman–Crippen LogP) is 13.8. The summed E-state index contributed by atoms with van der Waals surface area (Å²) >= 11 is 0. The Morgan fingerprint density at radius 3 is 2.30 bits per heavy atom. The van der Waals surface area contributed by atoms with Crippen LogP contribution in [0, 0.1) is 12.8 Å². The minimum absolute atomic E-state index is 0.417. The Kier molecular flexibility index (Phi) is 22.5. The lowest BCUT2D eigenvalue weighted by atomic mass is 9.95. The van der Waals surface area contributed by atoms with Crippen molar-refractivity contribution in [3.05, 3.63) is 124 Å². The number of hydrogen-bond donors (Lipinski definition) is 0. The van der Waals surface area contributed by atoms with Crippen LogP contribution in [0.5, 0.6) is 5.75 Å². The number of benzene rings is 1. The van der Waals surface area contributed by atoms with Gasteiger partial charge in [-0.25, -0.2) is 0 Å². The lowest BCUT2D eigenvalue weighted by Gasteiger charge is -2.27. The molecule has 0 fully saturated rings. The molecule has 0 aromatic heterocycles. The number of unbranched alkanes of at least 4 members (excludes halogenated alkanes) is 2. The Hall–Kier alpha value is -3.59. The van der Waals surface area contributed by atoms with E-state index in [0.29, 0.717) is 12.5 Å². The monoisotopic (exact) mass is 681 g/mol. The van der Waals surface area contributed by atoms with Crippen molar-refractivity contribution in [1.29, 1.82) is 0 Å². The van der Waals surface area contributed by atoms with Crippen molar-refractivity contribution in [2.75, 3.05) is 19.7 Å². The fourth-order valence-electron chi connectivity index (χ4n) is 6.10. The van der Waals surface area contributed by atoms with E-state index >= 15 is 0 Å². The van der Waals surface area contributed by atoms with Gasteiger partial charge in [0.2, 0.25) is 0 Å². The summed E-state index contributed by atoms with van der Waals surface area (Å²) < 4.78 is 6.54. The van der Waals surface area contributed by atoms with Gasteiger partial charge in [-0.3, -0.25) is 4.99 Å². The van der Waals surface area contributed by atoms with Gasteiger partial charge in [0, 0.05) is 35.8 Å². The average molecular weight is 681 g/mol. The molecule has 0 bridgehead atoms. The zero-order chi connectivity index (χ0) is 37.5. The van der Waals surface area contributed by atoms with Gasteiger partial charge in [0.1, 0.15) is 12.4 Å². The molecule has 3 heteroatoms. The topological polar surface area (TPSA) is 24.8 Å². The lowest BCUT2D eigenvalue weighted by Crippen LogP contribution is -2.25. The maximum atomic E-state index is 6.54. The first-order valence-electron chi connectivity index (χ1n) is 19.6. The summed E-state index contributed by atoms with van der Waals surface area (Å²) in [6, 6.07) is 6.54. The van der Waals surface area contributed by atoms with Crippen LogP contribution < -0.4 is 4.74 Å². The summed E-state index contributed by atoms with van der Waals surface area (Å²) in [6.45, 7) is 32.9. The van der Waals surface area contributed by atoms with Gasteiger partial charge >= 0.3 is 0 Å². The van der Waals surface area contributed by atoms with E-state index in [4.69, 9.17) is 9.73 Å². The highest BCUT2D eigenvalue weighted by molar-refractivity contribution is 6.03. The molecule has 0 spiro atoms. The molecule has 0 radical (unpaired) electrons. The van der Waals surface area contributed by atoms with Crippen molar-refractivity contribution in [1.82, 2.24) is 4.90 Å². The van der Waals surface area contributed by atoms with Crippen molar-refractivity contribution >= 4 is 5.71 Å². The van der Waals surface area contributed by atoms with E-state index in [1.165, 1.54) is 28.0 Å². The molecule has 1 aliphatic rings. The van der Waals surface area contributed by atoms with Gasteiger partial charge < -0.3 is 9.64 Å². The fraction of sp³-hybridized carbons (Fsp3) is 0.511. The number of aliphatic imine (C=N–C) groups is 1. The molecule has 3 nitrogen and oxygen atoms in total. The summed E-state index contributed by atoms with van der Waals surface area (Å²) in [6.07, 6.45) is 26.3. The summed E-state index contributed by atoms with van der Waals surface area (Å²) in [5, 5.41) is 0. The van der Waals surface area contributed by atoms with Crippen LogP contribution in [0.2, 0.25) is 0 Å². The first kappa shape index (κ1) is 44.4. The zero-order valence-electron chi connectivity index (χ0n) is 34.2. The third-order valence-corrected chi connectivity index (χ3v) is 9.07. The van der Waals surface area contributed by atoms with Crippen LogP contribution in [-0.4, -0.2) is 30.3 Å². The summed E-state index contributed by atoms with van der Waals surface area (Å²) in [5.41, 5.74) is 12.1. The van der Waals surface area contributed by atoms with E-state index in [0.717, 1.165) is 98.3 Å². The Labute approximate surface area is 309 Å². The molecule has 0 saturated heterocycles. The van der Waals surface area contributed by atoms with Crippen LogP contribution in [0.15, 0.2) is 118 Å². The molecule has 1 atom stereocenters. The van der Waals surface area contributed by atoms with Crippen LogP contribution >= 0.6 is 0 Å². The first-order valence-corrected chi connectivity index (χ1v) is 19.6. The summed E-state index contributed by atoms with van der Waals surface area (Å²) in [5.74, 6) is 1.36. The van der Waals surface area contributed by atoms with Gasteiger partial charge in [-0.05, 0) is 132 Å². The van der Waals surface area contributed by atoms with E-state index in [2.05, 4.69) is 148 Å². The molecule has 1 aromatic carbocycles. The Morgan fingerprint density at radius 1 is 0.960 bits per heavy atom. The molecule has 0 saturated carbocycles. The van der Waals surface area contributed by atoms with Gasteiger partial charge in [-0.15, -0.1) is 0 Å². The van der Waals surface area contributed by atoms with Crippen molar-refractivity contribution in [3.63, 3.8) is 0 Å². The molecule has 276 valence electrons. The van der Waals surface area contributed by atoms with Crippen LogP contribution in [0.4, 0.5) is 0 Å². The van der Waals surface area contributed by atoms with Gasteiger partial charge in [-0.1, -0.05) is 115 Å². The van der Waals surface area contributed by atoms with Crippen LogP contribution in [0.25, 0.3) is 0 Å². The second kappa shape index (κ2) is 25.4. The second-order valence-electron chi connectivity index (χ2n) is 13.3. The quantitative estimate of drug-likeness (QED) is 0.0778. The smallest absolute Gasteiger partial charge is 0.122 e. The van der Waals surface area contributed by atoms with E-state index in [-0.39, 0.29) is 0 Å². The minimum Gasteiger partial charge on any atom is -0.489 e. The maximum absolute atomic E-state index is 6.54. The number of nitrogens with zero attached hydrogens (tertiary/aromatic N) is 2. The number of ether oxygens (including phenoxy) is 1. The van der Waals surface area contributed by atoms with Crippen LogP contribution in [0.1, 0.15) is 132 Å². The van der Waals surface area contributed by atoms with Crippen molar-refractivity contribution in [2.45, 2.75) is 134 Å². The highest BCUT2D eigenvalue weighted by atomic mass is 16.5. The normalized spacial score (nSPS) is 15.2. The summed E-state index contributed by atoms with van der Waals surface area (Å²) in [4.78, 5) is 8.00. The average Bonchev–Trinajstić information content (AvgIpc) is 3.33. The molecule has 0 N–H and O–H groups in total. The molecular formula is C47H72N2O. The highest BCUT2D eigenvalue weighted by Gasteiger charge is 2.16. The Balaban J connectivity index is 0.00000613. The lowest BCUT2D eigenvalue weighted by molar-refractivity contribution is 0.339. The van der Waals surface area contributed by atoms with Crippen LogP contribution in [-0.2, 0) is 6.42 Å². The largest absolute Gasteiger partial charge is 0.489 e. The third-order valence-electron chi connectivity index (χ3n) is 9.07. The van der Waals surface area contributed by atoms with E-state index in [9.17, 15) is 0 Å². The molecule has 1 aliphatic carbocycles. The van der Waals surface area contributed by atoms with E-state index in [1.807, 2.05) is 13.8 Å². The van der Waals surface area contributed by atoms with E-state index < -0.39 is 0 Å². The molecule has 1 unspecified atom stereocenters. The third kappa shape index (κ3) is 15.1. The fourth-order valence-corrected chi connectivity index (χ4v) is 6.10. The molecular weight excluding hydrogens is 609 g/mol. The zero-order valence-corrected chi connectivity index (χ0v) is 34.2. The van der Waals surface area contributed by atoms with E-state index in [1.54, 1.807) is 0 Å². The minimum atomic E-state index is 0.417. The first-order chi connectivity index (χ1) is 24.1. The maximum Gasteiger partial charge on any atom is 0.122 e. The second-order valence-corrected chi connectivity index (χ2v) is 13.3. The van der Waals surface area contributed by atoms with Crippen molar-refractivity contribution < 1.29 is 4.74 Å². The molecule has 0 aliphatic heterocycles. The number of rotatable bonds is 20. The standard InChI is InChI=1S/C45H66N2O.C2H6/c1-12-17-19-26-44(35(8)9)47(29-13-2)30-21-18-20-25-43(46-37(11)41-31-38(14-3)23-22-24-40(41)16-5)42(34(6)7)33-48-45-32-39(15-4)28-27-36(45)10;1-2/h12,17,19,22-24,26-28,31-32,38H,6,13-16,18,20-21,25,29-30,33H2,1-5,7-11H3;1-2H3/b17-12-,26-19-,43-42-,46-37?;. The number of aryl methyl sites for hydroxylation is 2. The van der Waals surface area contributed by atoms with Gasteiger partial charge in [0.25, 0.3) is 0 Å². The van der Waals surface area contributed by atoms with Crippen LogP contribution in [0.3, 0.4) is 0 Å². The molecule has 1 aromatic rings. The molecule has 2 rings (SSSR count). The SMILES string of the molecule is C=C(C)/C(COc1cc(CC)ccc1C)=C(/CCCCCN(CCC)C(/C=C\C=C/C)=C(C)C)N=C(C)C1=CC(CC)C=CC=C1CC.CC. The van der Waals surface area contributed by atoms with Gasteiger partial charge in [0.05, 0.1) is 0 Å². The molecule has 50 heavy (non-hydrogen) atoms. The van der Waals surface area contributed by atoms with Crippen molar-refractivity contribution in [3.8, 4) is 5.75 Å².